The number of nitrogens with zero attached hydrogens (tertiary/aromatic N) is 1. The van der Waals surface area contributed by atoms with Gasteiger partial charge in [-0.05, 0) is 68.5 Å². The van der Waals surface area contributed by atoms with Crippen molar-refractivity contribution in [1.29, 1.82) is 0 Å². The molecular formula is C25H30N4O3. The summed E-state index contributed by atoms with van der Waals surface area (Å²) in [5.74, 6) is 0.159. The summed E-state index contributed by atoms with van der Waals surface area (Å²) in [6.45, 7) is 2.38. The van der Waals surface area contributed by atoms with Crippen molar-refractivity contribution in [2.75, 3.05) is 20.1 Å². The lowest BCUT2D eigenvalue weighted by molar-refractivity contribution is 0.0961. The Hall–Kier alpha value is -3.19. The van der Waals surface area contributed by atoms with Gasteiger partial charge in [-0.15, -0.1) is 0 Å². The first-order chi connectivity index (χ1) is 15.6. The van der Waals surface area contributed by atoms with Crippen LogP contribution in [0.25, 0.3) is 10.9 Å². The summed E-state index contributed by atoms with van der Waals surface area (Å²) in [5.41, 5.74) is 1.94. The molecule has 3 N–H and O–H groups in total. The molecule has 1 saturated heterocycles. The lowest BCUT2D eigenvalue weighted by Gasteiger charge is -2.22. The zero-order valence-corrected chi connectivity index (χ0v) is 18.4. The number of aromatic amines is 1. The molecule has 0 radical (unpaired) electrons. The molecule has 1 fully saturated rings. The van der Waals surface area contributed by atoms with Crippen LogP contribution in [0.15, 0.2) is 47.5 Å². The van der Waals surface area contributed by atoms with Gasteiger partial charge in [-0.25, -0.2) is 0 Å². The van der Waals surface area contributed by atoms with E-state index >= 15 is 0 Å². The fourth-order valence-corrected chi connectivity index (χ4v) is 4.54. The lowest BCUT2D eigenvalue weighted by Crippen LogP contribution is -2.32. The van der Waals surface area contributed by atoms with Gasteiger partial charge in [-0.1, -0.05) is 12.1 Å². The average Bonchev–Trinajstić information content (AvgIpc) is 3.30. The Bertz CT molecular complexity index is 1170. The molecule has 168 valence electrons. The molecule has 0 atom stereocenters. The molecule has 2 aromatic heterocycles. The summed E-state index contributed by atoms with van der Waals surface area (Å²) in [4.78, 5) is 41.5. The zero-order valence-electron chi connectivity index (χ0n) is 18.4. The maximum absolute atomic E-state index is 13.0. The van der Waals surface area contributed by atoms with Crippen LogP contribution in [-0.4, -0.2) is 41.4 Å². The molecule has 7 nitrogen and oxygen atoms in total. The number of aromatic nitrogens is 2. The van der Waals surface area contributed by atoms with Crippen LogP contribution < -0.4 is 16.2 Å². The molecule has 0 aliphatic carbocycles. The van der Waals surface area contributed by atoms with Gasteiger partial charge in [0.05, 0.1) is 6.54 Å². The van der Waals surface area contributed by atoms with Gasteiger partial charge in [0, 0.05) is 42.3 Å². The largest absolute Gasteiger partial charge is 0.361 e. The maximum Gasteiger partial charge on any atom is 0.263 e. The normalized spacial score (nSPS) is 14.5. The highest BCUT2D eigenvalue weighted by molar-refractivity contribution is 6.00. The predicted octanol–water partition coefficient (Wildman–Crippen LogP) is 3.09. The van der Waals surface area contributed by atoms with Crippen molar-refractivity contribution in [3.05, 3.63) is 69.8 Å². The van der Waals surface area contributed by atoms with Crippen LogP contribution in [0.5, 0.6) is 0 Å². The highest BCUT2D eigenvalue weighted by Crippen LogP contribution is 2.21. The molecule has 1 aromatic carbocycles. The molecule has 32 heavy (non-hydrogen) atoms. The van der Waals surface area contributed by atoms with Gasteiger partial charge in [0.15, 0.2) is 5.78 Å². The van der Waals surface area contributed by atoms with Crippen molar-refractivity contribution in [3.8, 4) is 0 Å². The van der Waals surface area contributed by atoms with Gasteiger partial charge in [0.25, 0.3) is 11.5 Å². The number of ketones is 1. The minimum absolute atomic E-state index is 0.00190. The Balaban J connectivity index is 1.58. The van der Waals surface area contributed by atoms with E-state index in [-0.39, 0.29) is 17.9 Å². The van der Waals surface area contributed by atoms with E-state index in [4.69, 9.17) is 0 Å². The third kappa shape index (κ3) is 4.83. The van der Waals surface area contributed by atoms with Crippen LogP contribution >= 0.6 is 0 Å². The fraction of sp³-hybridized carbons (Fsp3) is 0.400. The molecule has 0 bridgehead atoms. The van der Waals surface area contributed by atoms with E-state index in [0.29, 0.717) is 17.9 Å². The second-order valence-corrected chi connectivity index (χ2v) is 8.52. The van der Waals surface area contributed by atoms with Crippen LogP contribution in [0.1, 0.15) is 58.4 Å². The van der Waals surface area contributed by atoms with Crippen molar-refractivity contribution in [2.24, 2.45) is 5.92 Å². The minimum atomic E-state index is -0.479. The first-order valence-corrected chi connectivity index (χ1v) is 11.3. The summed E-state index contributed by atoms with van der Waals surface area (Å²) < 4.78 is 1.48. The molecule has 1 aliphatic rings. The second-order valence-electron chi connectivity index (χ2n) is 8.52. The standard InChI is InChI=1S/C25H30N4O3/c1-26-24(31)21-14-19(23(30)7-2-4-17-8-11-27-12-9-17)16-29(25(21)32)15-18-5-3-6-22-20(18)10-13-28-22/h3,5-6,10,13-14,16-17,27-28H,2,4,7-9,11-12,15H2,1H3,(H,26,31). The second kappa shape index (κ2) is 9.96. The number of carbonyl (C=O) groups is 2. The first-order valence-electron chi connectivity index (χ1n) is 11.3. The zero-order chi connectivity index (χ0) is 22.5. The fourth-order valence-electron chi connectivity index (χ4n) is 4.54. The van der Waals surface area contributed by atoms with E-state index in [1.165, 1.54) is 17.7 Å². The number of H-pyrrole nitrogens is 1. The van der Waals surface area contributed by atoms with E-state index in [1.807, 2.05) is 30.5 Å². The summed E-state index contributed by atoms with van der Waals surface area (Å²) in [7, 11) is 1.49. The van der Waals surface area contributed by atoms with E-state index < -0.39 is 11.5 Å². The van der Waals surface area contributed by atoms with Gasteiger partial charge in [0.2, 0.25) is 0 Å². The highest BCUT2D eigenvalue weighted by atomic mass is 16.2. The van der Waals surface area contributed by atoms with Gasteiger partial charge < -0.3 is 20.2 Å². The van der Waals surface area contributed by atoms with Crippen LogP contribution in [-0.2, 0) is 6.54 Å². The van der Waals surface area contributed by atoms with Gasteiger partial charge >= 0.3 is 0 Å². The minimum Gasteiger partial charge on any atom is -0.361 e. The quantitative estimate of drug-likeness (QED) is 0.475. The third-order valence-corrected chi connectivity index (χ3v) is 6.38. The predicted molar refractivity (Wildman–Crippen MR) is 125 cm³/mol. The molecule has 4 rings (SSSR count). The Kier molecular flexibility index (Phi) is 6.85. The van der Waals surface area contributed by atoms with Crippen LogP contribution in [0.2, 0.25) is 0 Å². The summed E-state index contributed by atoms with van der Waals surface area (Å²) in [6.07, 6.45) is 8.05. The number of rotatable bonds is 8. The monoisotopic (exact) mass is 434 g/mol. The van der Waals surface area contributed by atoms with Gasteiger partial charge in [-0.3, -0.25) is 14.4 Å². The molecule has 1 aliphatic heterocycles. The SMILES string of the molecule is CNC(=O)c1cc(C(=O)CCCC2CCNCC2)cn(Cc2cccc3[nH]ccc23)c1=O. The number of amides is 1. The first kappa shape index (κ1) is 22.0. The number of piperidine rings is 1. The van der Waals surface area contributed by atoms with Gasteiger partial charge in [-0.2, -0.15) is 0 Å². The van der Waals surface area contributed by atoms with Gasteiger partial charge in [0.1, 0.15) is 5.56 Å². The number of hydrogen-bond donors (Lipinski definition) is 3. The Morgan fingerprint density at radius 2 is 2.00 bits per heavy atom. The van der Waals surface area contributed by atoms with Crippen LogP contribution in [0.3, 0.4) is 0 Å². The number of nitrogens with one attached hydrogen (secondary N) is 3. The van der Waals surface area contributed by atoms with E-state index in [0.717, 1.165) is 55.2 Å². The molecule has 0 spiro atoms. The van der Waals surface area contributed by atoms with Crippen LogP contribution in [0.4, 0.5) is 0 Å². The molecule has 3 heterocycles. The maximum atomic E-state index is 13.0. The Labute approximate surface area is 187 Å². The molecule has 3 aromatic rings. The van der Waals surface area contributed by atoms with Crippen molar-refractivity contribution in [1.82, 2.24) is 20.2 Å². The molecule has 0 saturated carbocycles. The lowest BCUT2D eigenvalue weighted by atomic mass is 9.91. The average molecular weight is 435 g/mol. The molecular weight excluding hydrogens is 404 g/mol. The van der Waals surface area contributed by atoms with Crippen molar-refractivity contribution in [2.45, 2.75) is 38.6 Å². The Morgan fingerprint density at radius 3 is 2.78 bits per heavy atom. The smallest absolute Gasteiger partial charge is 0.263 e. The summed E-state index contributed by atoms with van der Waals surface area (Å²) in [6, 6.07) is 9.26. The molecule has 0 unspecified atom stereocenters. The number of pyridine rings is 1. The number of carbonyl (C=O) groups excluding carboxylic acids is 2. The number of fused-ring (bicyclic) bond motifs is 1. The third-order valence-electron chi connectivity index (χ3n) is 6.38. The molecule has 7 heteroatoms. The summed E-state index contributed by atoms with van der Waals surface area (Å²) in [5, 5.41) is 6.89. The number of Topliss-reactive ketones (excluding diaryl/α,β-unsaturated/α-hetero) is 1. The topological polar surface area (TPSA) is 96.0 Å². The Morgan fingerprint density at radius 1 is 1.19 bits per heavy atom. The number of hydrogen-bond acceptors (Lipinski definition) is 4. The van der Waals surface area contributed by atoms with Crippen molar-refractivity contribution in [3.63, 3.8) is 0 Å². The van der Waals surface area contributed by atoms with Crippen molar-refractivity contribution < 1.29 is 9.59 Å². The number of benzene rings is 1. The van der Waals surface area contributed by atoms with E-state index in [2.05, 4.69) is 15.6 Å². The summed E-state index contributed by atoms with van der Waals surface area (Å²) >= 11 is 0. The molecule has 1 amide bonds. The van der Waals surface area contributed by atoms with Crippen molar-refractivity contribution >= 4 is 22.6 Å². The van der Waals surface area contributed by atoms with E-state index in [9.17, 15) is 14.4 Å². The highest BCUT2D eigenvalue weighted by Gasteiger charge is 2.18. The van der Waals surface area contributed by atoms with E-state index in [1.54, 1.807) is 6.20 Å². The van der Waals surface area contributed by atoms with Crippen LogP contribution in [0, 0.1) is 5.92 Å².